The number of fused-ring (bicyclic) bond motifs is 1. The van der Waals surface area contributed by atoms with Crippen LogP contribution >= 0.6 is 0 Å². The normalized spacial score (nSPS) is 24.3. The molecule has 0 radical (unpaired) electrons. The molecule has 160 valence electrons. The van der Waals surface area contributed by atoms with Crippen LogP contribution in [0.2, 0.25) is 0 Å². The lowest BCUT2D eigenvalue weighted by Gasteiger charge is -2.21. The lowest BCUT2D eigenvalue weighted by molar-refractivity contribution is 0.0832. The van der Waals surface area contributed by atoms with Crippen molar-refractivity contribution in [2.24, 2.45) is 10.9 Å². The molecule has 30 heavy (non-hydrogen) atoms. The Kier molecular flexibility index (Phi) is 6.24. The Bertz CT molecular complexity index is 1010. The molecule has 0 aliphatic carbocycles. The molecule has 4 heterocycles. The summed E-state index contributed by atoms with van der Waals surface area (Å²) in [6, 6.07) is 0. The SMILES string of the molecule is C=NC=CC=C(C)CN1CC(C)C(c2nn3c(C4CCOCC4)ncc3c(=O)[nH]2)C1. The van der Waals surface area contributed by atoms with Crippen LogP contribution in [0.4, 0.5) is 0 Å². The highest BCUT2D eigenvalue weighted by Gasteiger charge is 2.33. The third-order valence-corrected chi connectivity index (χ3v) is 6.12. The second-order valence-corrected chi connectivity index (χ2v) is 8.45. The standard InChI is InChI=1S/C22H30N6O2/c1-15(5-4-8-23-3)12-27-13-16(2)18(14-27)20-25-22(29)19-11-24-21(28(19)26-20)17-6-9-30-10-7-17/h4-5,8,11,16-18H,3,6-7,9-10,12-14H2,1-2H3,(H,25,26,29). The molecule has 2 aliphatic rings. The van der Waals surface area contributed by atoms with Crippen molar-refractivity contribution in [2.75, 3.05) is 32.8 Å². The van der Waals surface area contributed by atoms with Crippen molar-refractivity contribution in [3.8, 4) is 0 Å². The minimum atomic E-state index is -0.116. The Hall–Kier alpha value is -2.58. The number of H-pyrrole nitrogens is 1. The number of nitrogens with one attached hydrogen (secondary N) is 1. The van der Waals surface area contributed by atoms with Crippen LogP contribution < -0.4 is 5.56 Å². The number of rotatable bonds is 6. The summed E-state index contributed by atoms with van der Waals surface area (Å²) >= 11 is 0. The number of ether oxygens (including phenoxy) is 1. The van der Waals surface area contributed by atoms with E-state index < -0.39 is 0 Å². The molecule has 0 bridgehead atoms. The molecule has 0 aromatic carbocycles. The zero-order valence-electron chi connectivity index (χ0n) is 17.8. The lowest BCUT2D eigenvalue weighted by Crippen LogP contribution is -2.25. The van der Waals surface area contributed by atoms with E-state index in [0.717, 1.165) is 57.3 Å². The summed E-state index contributed by atoms with van der Waals surface area (Å²) in [5, 5.41) is 4.86. The van der Waals surface area contributed by atoms with Gasteiger partial charge in [0, 0.05) is 50.9 Å². The van der Waals surface area contributed by atoms with Gasteiger partial charge in [-0.15, -0.1) is 0 Å². The van der Waals surface area contributed by atoms with Crippen LogP contribution in [0, 0.1) is 5.92 Å². The first-order chi connectivity index (χ1) is 14.6. The molecule has 1 N–H and O–H groups in total. The zero-order chi connectivity index (χ0) is 21.1. The van der Waals surface area contributed by atoms with Crippen molar-refractivity contribution < 1.29 is 4.74 Å². The molecule has 8 nitrogen and oxygen atoms in total. The number of aromatic nitrogens is 4. The van der Waals surface area contributed by atoms with Gasteiger partial charge in [-0.1, -0.05) is 18.6 Å². The minimum Gasteiger partial charge on any atom is -0.381 e. The van der Waals surface area contributed by atoms with Crippen LogP contribution in [0.15, 0.2) is 39.9 Å². The van der Waals surface area contributed by atoms with Gasteiger partial charge in [0.1, 0.15) is 11.6 Å². The largest absolute Gasteiger partial charge is 0.381 e. The first-order valence-corrected chi connectivity index (χ1v) is 10.6. The van der Waals surface area contributed by atoms with E-state index >= 15 is 0 Å². The number of aliphatic imine (C=N–C) groups is 1. The van der Waals surface area contributed by atoms with Gasteiger partial charge in [-0.3, -0.25) is 14.7 Å². The molecule has 2 saturated heterocycles. The topological polar surface area (TPSA) is 87.9 Å². The highest BCUT2D eigenvalue weighted by atomic mass is 16.5. The second kappa shape index (κ2) is 9.06. The van der Waals surface area contributed by atoms with E-state index in [9.17, 15) is 4.79 Å². The predicted octanol–water partition coefficient (Wildman–Crippen LogP) is 2.51. The lowest BCUT2D eigenvalue weighted by atomic mass is 9.97. The summed E-state index contributed by atoms with van der Waals surface area (Å²) in [6.07, 6.45) is 9.12. The number of allylic oxidation sites excluding steroid dienone is 2. The number of imidazole rings is 1. The Balaban J connectivity index is 1.56. The predicted molar refractivity (Wildman–Crippen MR) is 117 cm³/mol. The van der Waals surface area contributed by atoms with Crippen LogP contribution in [0.5, 0.6) is 0 Å². The Morgan fingerprint density at radius 1 is 1.40 bits per heavy atom. The third kappa shape index (κ3) is 4.29. The average molecular weight is 411 g/mol. The molecule has 0 saturated carbocycles. The Morgan fingerprint density at radius 2 is 2.20 bits per heavy atom. The molecular weight excluding hydrogens is 380 g/mol. The molecule has 2 unspecified atom stereocenters. The molecule has 2 aromatic heterocycles. The maximum absolute atomic E-state index is 12.7. The van der Waals surface area contributed by atoms with Gasteiger partial charge >= 0.3 is 0 Å². The summed E-state index contributed by atoms with van der Waals surface area (Å²) in [7, 11) is 0. The minimum absolute atomic E-state index is 0.116. The highest BCUT2D eigenvalue weighted by molar-refractivity contribution is 5.42. The molecule has 0 amide bonds. The van der Waals surface area contributed by atoms with E-state index in [-0.39, 0.29) is 17.4 Å². The summed E-state index contributed by atoms with van der Waals surface area (Å²) in [4.78, 5) is 26.5. The van der Waals surface area contributed by atoms with E-state index in [4.69, 9.17) is 9.84 Å². The maximum Gasteiger partial charge on any atom is 0.276 e. The van der Waals surface area contributed by atoms with Crippen LogP contribution in [-0.4, -0.2) is 64.0 Å². The summed E-state index contributed by atoms with van der Waals surface area (Å²) in [5.74, 6) is 2.51. The van der Waals surface area contributed by atoms with Gasteiger partial charge in [0.15, 0.2) is 5.52 Å². The van der Waals surface area contributed by atoms with Crippen molar-refractivity contribution >= 4 is 12.2 Å². The average Bonchev–Trinajstić information content (AvgIpc) is 3.32. The molecule has 2 aromatic rings. The molecule has 4 rings (SSSR count). The molecule has 0 spiro atoms. The number of hydrogen-bond acceptors (Lipinski definition) is 6. The fraction of sp³-hybridized carbons (Fsp3) is 0.545. The monoisotopic (exact) mass is 410 g/mol. The van der Waals surface area contributed by atoms with Gasteiger partial charge in [0.25, 0.3) is 5.56 Å². The van der Waals surface area contributed by atoms with Crippen LogP contribution in [-0.2, 0) is 4.74 Å². The summed E-state index contributed by atoms with van der Waals surface area (Å²) < 4.78 is 7.25. The first kappa shape index (κ1) is 20.7. The van der Waals surface area contributed by atoms with Crippen molar-refractivity contribution in [1.29, 1.82) is 0 Å². The first-order valence-electron chi connectivity index (χ1n) is 10.6. The van der Waals surface area contributed by atoms with E-state index in [1.54, 1.807) is 16.9 Å². The van der Waals surface area contributed by atoms with Gasteiger partial charge < -0.3 is 9.72 Å². The van der Waals surface area contributed by atoms with E-state index in [1.165, 1.54) is 5.57 Å². The van der Waals surface area contributed by atoms with Crippen LogP contribution in [0.1, 0.15) is 50.2 Å². The van der Waals surface area contributed by atoms with Gasteiger partial charge in [-0.05, 0) is 38.5 Å². The fourth-order valence-corrected chi connectivity index (χ4v) is 4.56. The summed E-state index contributed by atoms with van der Waals surface area (Å²) in [6.45, 7) is 12.0. The van der Waals surface area contributed by atoms with E-state index in [0.29, 0.717) is 11.4 Å². The van der Waals surface area contributed by atoms with Crippen molar-refractivity contribution in [3.63, 3.8) is 0 Å². The third-order valence-electron chi connectivity index (χ3n) is 6.12. The van der Waals surface area contributed by atoms with E-state index in [2.05, 4.69) is 46.5 Å². The fourth-order valence-electron chi connectivity index (χ4n) is 4.56. The van der Waals surface area contributed by atoms with Crippen molar-refractivity contribution in [2.45, 2.75) is 38.5 Å². The van der Waals surface area contributed by atoms with Crippen LogP contribution in [0.3, 0.4) is 0 Å². The molecule has 8 heteroatoms. The molecule has 2 atom stereocenters. The number of aromatic amines is 1. The van der Waals surface area contributed by atoms with Gasteiger partial charge in [0.2, 0.25) is 0 Å². The number of hydrogen-bond donors (Lipinski definition) is 1. The number of likely N-dealkylation sites (tertiary alicyclic amines) is 1. The second-order valence-electron chi connectivity index (χ2n) is 8.45. The Labute approximate surface area is 176 Å². The zero-order valence-corrected chi connectivity index (χ0v) is 17.8. The molecule has 2 aliphatic heterocycles. The summed E-state index contributed by atoms with van der Waals surface area (Å²) in [5.41, 5.74) is 1.66. The highest BCUT2D eigenvalue weighted by Crippen LogP contribution is 2.31. The van der Waals surface area contributed by atoms with Gasteiger partial charge in [-0.25, -0.2) is 9.50 Å². The van der Waals surface area contributed by atoms with E-state index in [1.807, 2.05) is 6.08 Å². The smallest absolute Gasteiger partial charge is 0.276 e. The number of nitrogens with zero attached hydrogens (tertiary/aromatic N) is 5. The molecular formula is C22H30N6O2. The Morgan fingerprint density at radius 3 is 2.97 bits per heavy atom. The van der Waals surface area contributed by atoms with Gasteiger partial charge in [0.05, 0.1) is 6.20 Å². The van der Waals surface area contributed by atoms with Crippen molar-refractivity contribution in [1.82, 2.24) is 24.5 Å². The van der Waals surface area contributed by atoms with Crippen molar-refractivity contribution in [3.05, 3.63) is 52.1 Å². The van der Waals surface area contributed by atoms with Crippen LogP contribution in [0.25, 0.3) is 5.52 Å². The quantitative estimate of drug-likeness (QED) is 0.584. The van der Waals surface area contributed by atoms with Gasteiger partial charge in [-0.2, -0.15) is 5.10 Å². The molecule has 2 fully saturated rings. The maximum atomic E-state index is 12.7.